The van der Waals surface area contributed by atoms with Gasteiger partial charge in [0, 0.05) is 0 Å². The average molecular weight is 526 g/mol. The minimum absolute atomic E-state index is 0.230. The molecule has 0 bridgehead atoms. The van der Waals surface area contributed by atoms with Crippen molar-refractivity contribution in [2.75, 3.05) is 32.0 Å². The van der Waals surface area contributed by atoms with E-state index in [-0.39, 0.29) is 5.82 Å². The molecule has 12 nitrogen and oxygen atoms in total. The maximum Gasteiger partial charge on any atom is 0.469 e. The van der Waals surface area contributed by atoms with Gasteiger partial charge in [-0.25, -0.2) is 14.5 Å². The summed E-state index contributed by atoms with van der Waals surface area (Å²) in [5.41, 5.74) is 6.14. The molecule has 176 valence electrons. The molecular formula is C17H29BrN5O7P. The second-order valence-electron chi connectivity index (χ2n) is 6.79. The molecule has 2 aromatic rings. The lowest BCUT2D eigenvalue weighted by molar-refractivity contribution is -0.0510. The molecule has 3 rings (SSSR count). The first-order chi connectivity index (χ1) is 14.5. The Bertz CT molecular complexity index is 901. The van der Waals surface area contributed by atoms with Gasteiger partial charge in [0.1, 0.15) is 36.1 Å². The Morgan fingerprint density at radius 1 is 1.23 bits per heavy atom. The number of phosphoric acid groups is 1. The number of hydrogen-bond acceptors (Lipinski definition) is 9. The summed E-state index contributed by atoms with van der Waals surface area (Å²) in [6, 6.07) is 1.63. The Kier molecular flexibility index (Phi) is 9.37. The van der Waals surface area contributed by atoms with Gasteiger partial charge in [-0.05, 0) is 41.6 Å². The molecule has 0 spiro atoms. The van der Waals surface area contributed by atoms with Crippen molar-refractivity contribution < 1.29 is 33.8 Å². The van der Waals surface area contributed by atoms with Gasteiger partial charge in [-0.1, -0.05) is 20.8 Å². The van der Waals surface area contributed by atoms with E-state index in [2.05, 4.69) is 56.1 Å². The summed E-state index contributed by atoms with van der Waals surface area (Å²) in [7, 11) is -4.73. The average Bonchev–Trinajstić information content (AvgIpc) is 3.19. The molecule has 1 aliphatic rings. The summed E-state index contributed by atoms with van der Waals surface area (Å²) in [5, 5.41) is 20.8. The van der Waals surface area contributed by atoms with Crippen molar-refractivity contribution in [3.63, 3.8) is 0 Å². The van der Waals surface area contributed by atoms with Gasteiger partial charge in [-0.15, -0.1) is 0 Å². The zero-order valence-electron chi connectivity index (χ0n) is 17.5. The largest absolute Gasteiger partial charge is 0.469 e. The van der Waals surface area contributed by atoms with Crippen LogP contribution in [0.2, 0.25) is 0 Å². The molecule has 3 heterocycles. The van der Waals surface area contributed by atoms with E-state index < -0.39 is 39.0 Å². The predicted molar refractivity (Wildman–Crippen MR) is 117 cm³/mol. The Hall–Kier alpha value is -1.15. The van der Waals surface area contributed by atoms with Gasteiger partial charge >= 0.3 is 7.82 Å². The van der Waals surface area contributed by atoms with E-state index >= 15 is 0 Å². The molecule has 4 atom stereocenters. The van der Waals surface area contributed by atoms with Crippen LogP contribution in [0.4, 0.5) is 5.82 Å². The Morgan fingerprint density at radius 2 is 1.84 bits per heavy atom. The van der Waals surface area contributed by atoms with E-state index in [9.17, 15) is 14.8 Å². The van der Waals surface area contributed by atoms with Crippen LogP contribution in [0.1, 0.15) is 27.0 Å². The van der Waals surface area contributed by atoms with E-state index in [0.29, 0.717) is 15.6 Å². The number of halogens is 1. The molecule has 1 aliphatic heterocycles. The highest BCUT2D eigenvalue weighted by Crippen LogP contribution is 2.40. The molecule has 1 fully saturated rings. The SMILES string of the molecule is CCN(CC)CC.Nc1ncnc2c1cc(Br)n2[C@@H]1O[C@H](COP(=O)(O)O)[C@@H](O)[C@H]1O. The number of aromatic nitrogens is 3. The summed E-state index contributed by atoms with van der Waals surface area (Å²) >= 11 is 3.30. The highest BCUT2D eigenvalue weighted by molar-refractivity contribution is 9.10. The quantitative estimate of drug-likeness (QED) is 0.323. The summed E-state index contributed by atoms with van der Waals surface area (Å²) in [6.45, 7) is 9.53. The summed E-state index contributed by atoms with van der Waals surface area (Å²) in [6.07, 6.45) is -3.75. The number of hydrogen-bond donors (Lipinski definition) is 5. The van der Waals surface area contributed by atoms with Crippen LogP contribution >= 0.6 is 23.8 Å². The third-order valence-corrected chi connectivity index (χ3v) is 6.05. The van der Waals surface area contributed by atoms with Crippen LogP contribution in [-0.4, -0.2) is 84.0 Å². The number of rotatable bonds is 7. The first kappa shape index (κ1) is 26.1. The van der Waals surface area contributed by atoms with Crippen LogP contribution < -0.4 is 5.73 Å². The van der Waals surface area contributed by atoms with Crippen LogP contribution in [0.25, 0.3) is 11.0 Å². The van der Waals surface area contributed by atoms with Gasteiger partial charge < -0.3 is 35.4 Å². The number of phosphoric ester groups is 1. The molecule has 0 radical (unpaired) electrons. The molecule has 0 aromatic carbocycles. The third-order valence-electron chi connectivity index (χ3n) is 4.96. The Balaban J connectivity index is 0.000000423. The summed E-state index contributed by atoms with van der Waals surface area (Å²) in [5.74, 6) is 0.230. The Labute approximate surface area is 188 Å². The van der Waals surface area contributed by atoms with Crippen LogP contribution in [-0.2, 0) is 13.8 Å². The lowest BCUT2D eigenvalue weighted by atomic mass is 10.1. The maximum absolute atomic E-state index is 10.8. The van der Waals surface area contributed by atoms with Crippen molar-refractivity contribution in [1.29, 1.82) is 0 Å². The first-order valence-electron chi connectivity index (χ1n) is 9.74. The fourth-order valence-electron chi connectivity index (χ4n) is 3.18. The van der Waals surface area contributed by atoms with Gasteiger partial charge in [0.25, 0.3) is 0 Å². The summed E-state index contributed by atoms with van der Waals surface area (Å²) < 4.78 is 22.6. The van der Waals surface area contributed by atoms with Gasteiger partial charge in [0.15, 0.2) is 6.23 Å². The lowest BCUT2D eigenvalue weighted by Gasteiger charge is -2.18. The number of fused-ring (bicyclic) bond motifs is 1. The molecule has 0 unspecified atom stereocenters. The van der Waals surface area contributed by atoms with Crippen LogP contribution in [0.3, 0.4) is 0 Å². The second kappa shape index (κ2) is 11.1. The minimum atomic E-state index is -4.73. The van der Waals surface area contributed by atoms with Gasteiger partial charge in [-0.3, -0.25) is 9.09 Å². The Morgan fingerprint density at radius 3 is 2.35 bits per heavy atom. The number of nitrogens with two attached hydrogens (primary N) is 1. The van der Waals surface area contributed by atoms with E-state index in [1.165, 1.54) is 30.5 Å². The minimum Gasteiger partial charge on any atom is -0.387 e. The van der Waals surface area contributed by atoms with Crippen molar-refractivity contribution >= 4 is 40.6 Å². The van der Waals surface area contributed by atoms with E-state index in [1.807, 2.05) is 0 Å². The number of aliphatic hydroxyl groups excluding tert-OH is 2. The zero-order valence-corrected chi connectivity index (χ0v) is 20.0. The molecule has 1 saturated heterocycles. The predicted octanol–water partition coefficient (Wildman–Crippen LogP) is 0.853. The van der Waals surface area contributed by atoms with Gasteiger partial charge in [0.05, 0.1) is 16.6 Å². The molecule has 14 heteroatoms. The third kappa shape index (κ3) is 6.44. The number of ether oxygens (including phenoxy) is 1. The van der Waals surface area contributed by atoms with Crippen LogP contribution in [0.15, 0.2) is 17.0 Å². The van der Waals surface area contributed by atoms with E-state index in [0.717, 1.165) is 0 Å². The van der Waals surface area contributed by atoms with Gasteiger partial charge in [0.2, 0.25) is 0 Å². The fraction of sp³-hybridized carbons (Fsp3) is 0.647. The van der Waals surface area contributed by atoms with Crippen LogP contribution in [0, 0.1) is 0 Å². The van der Waals surface area contributed by atoms with Gasteiger partial charge in [-0.2, -0.15) is 0 Å². The van der Waals surface area contributed by atoms with Crippen molar-refractivity contribution in [3.8, 4) is 0 Å². The number of nitrogen functional groups attached to an aromatic ring is 1. The van der Waals surface area contributed by atoms with Crippen LogP contribution in [0.5, 0.6) is 0 Å². The molecular weight excluding hydrogens is 497 g/mol. The van der Waals surface area contributed by atoms with Crippen molar-refractivity contribution in [3.05, 3.63) is 17.0 Å². The maximum atomic E-state index is 10.8. The highest BCUT2D eigenvalue weighted by atomic mass is 79.9. The second-order valence-corrected chi connectivity index (χ2v) is 8.84. The topological polar surface area (TPSA) is 176 Å². The molecule has 31 heavy (non-hydrogen) atoms. The standard InChI is InChI=1S/C11H14BrN4O7P.C6H15N/c12-6-1-4-9(13)14-3-15-10(4)16(6)11-8(18)7(17)5(23-11)2-22-24(19,20)21;1-4-7(5-2)6-3/h1,3,5,7-8,11,17-18H,2H2,(H2,13,14,15)(H2,19,20,21);4-6H2,1-3H3/t5-,7-,8-,11-;/m1./s1. The van der Waals surface area contributed by atoms with E-state index in [4.69, 9.17) is 20.3 Å². The van der Waals surface area contributed by atoms with E-state index in [1.54, 1.807) is 6.07 Å². The highest BCUT2D eigenvalue weighted by Gasteiger charge is 2.45. The fourth-order valence-corrected chi connectivity index (χ4v) is 4.12. The van der Waals surface area contributed by atoms with Crippen molar-refractivity contribution in [2.45, 2.75) is 45.3 Å². The molecule has 6 N–H and O–H groups in total. The normalized spacial score (nSPS) is 23.9. The smallest absolute Gasteiger partial charge is 0.387 e. The molecule has 0 amide bonds. The zero-order chi connectivity index (χ0) is 23.3. The summed E-state index contributed by atoms with van der Waals surface area (Å²) in [4.78, 5) is 27.8. The number of nitrogens with zero attached hydrogens (tertiary/aromatic N) is 4. The van der Waals surface area contributed by atoms with Crippen molar-refractivity contribution in [2.24, 2.45) is 0 Å². The molecule has 2 aromatic heterocycles. The van der Waals surface area contributed by atoms with Crippen molar-refractivity contribution in [1.82, 2.24) is 19.4 Å². The monoisotopic (exact) mass is 525 g/mol. The molecule has 0 aliphatic carbocycles. The number of aliphatic hydroxyl groups is 2. The lowest BCUT2D eigenvalue weighted by Crippen LogP contribution is -2.33. The molecule has 0 saturated carbocycles. The first-order valence-corrected chi connectivity index (χ1v) is 12.1. The number of anilines is 1.